The number of pyridine rings is 1. The lowest BCUT2D eigenvalue weighted by Gasteiger charge is -2.21. The van der Waals surface area contributed by atoms with Crippen LogP contribution in [-0.4, -0.2) is 29.1 Å². The molecule has 2 aromatic carbocycles. The van der Waals surface area contributed by atoms with E-state index in [1.54, 1.807) is 23.6 Å². The number of amidine groups is 1. The second kappa shape index (κ2) is 9.58. The van der Waals surface area contributed by atoms with Gasteiger partial charge < -0.3 is 11.1 Å². The SMILES string of the molecule is C#Cc1cccc2cc(C(C)NC(=O)C(=NC=C)C(N)=NC)n(-c3ccccc3)c(=O)c12. The number of rotatable bonds is 6. The number of nitrogens with two attached hydrogens (primary N) is 1. The summed E-state index contributed by atoms with van der Waals surface area (Å²) in [5.74, 6) is 2.02. The monoisotopic (exact) mass is 425 g/mol. The second-order valence-corrected chi connectivity index (χ2v) is 6.92. The summed E-state index contributed by atoms with van der Waals surface area (Å²) in [4.78, 5) is 34.2. The van der Waals surface area contributed by atoms with Crippen molar-refractivity contribution in [2.75, 3.05) is 7.05 Å². The topological polar surface area (TPSA) is 102 Å². The van der Waals surface area contributed by atoms with Crippen LogP contribution in [0.15, 0.2) is 82.2 Å². The first-order valence-electron chi connectivity index (χ1n) is 9.85. The van der Waals surface area contributed by atoms with Crippen molar-refractivity contribution in [3.8, 4) is 18.0 Å². The van der Waals surface area contributed by atoms with Gasteiger partial charge in [0.25, 0.3) is 11.5 Å². The van der Waals surface area contributed by atoms with E-state index < -0.39 is 11.9 Å². The van der Waals surface area contributed by atoms with Gasteiger partial charge in [-0.05, 0) is 36.6 Å². The fraction of sp³-hybridized carbons (Fsp3) is 0.120. The number of hydrogen-bond donors (Lipinski definition) is 2. The highest BCUT2D eigenvalue weighted by Gasteiger charge is 2.22. The van der Waals surface area contributed by atoms with Gasteiger partial charge in [-0.2, -0.15) is 0 Å². The Hall–Kier alpha value is -4.44. The molecule has 160 valence electrons. The Kier molecular flexibility index (Phi) is 6.66. The molecule has 32 heavy (non-hydrogen) atoms. The molecule has 0 saturated heterocycles. The third-order valence-electron chi connectivity index (χ3n) is 4.96. The standard InChI is InChI=1S/C25H23N5O2/c1-5-17-11-10-12-18-15-20(16(3)29-24(31)22(28-6-2)23(26)27-4)30(25(32)21(17)18)19-13-8-7-9-14-19/h1,6-16H,2H2,3-4H3,(H2,26,27)(H,29,31). The number of terminal acetylenes is 1. The highest BCUT2D eigenvalue weighted by atomic mass is 16.2. The number of aromatic nitrogens is 1. The average Bonchev–Trinajstić information content (AvgIpc) is 2.81. The fourth-order valence-electron chi connectivity index (χ4n) is 3.44. The lowest BCUT2D eigenvalue weighted by molar-refractivity contribution is -0.115. The summed E-state index contributed by atoms with van der Waals surface area (Å²) in [7, 11) is 1.46. The minimum atomic E-state index is -0.575. The molecule has 0 spiro atoms. The molecular weight excluding hydrogens is 402 g/mol. The van der Waals surface area contributed by atoms with Crippen LogP contribution in [0.4, 0.5) is 0 Å². The molecule has 0 aliphatic heterocycles. The molecule has 3 aromatic rings. The van der Waals surface area contributed by atoms with Crippen molar-refractivity contribution in [2.24, 2.45) is 15.7 Å². The van der Waals surface area contributed by atoms with Crippen molar-refractivity contribution < 1.29 is 4.79 Å². The first-order valence-corrected chi connectivity index (χ1v) is 9.85. The minimum Gasteiger partial charge on any atom is -0.382 e. The minimum absolute atomic E-state index is 0.0211. The normalized spacial score (nSPS) is 12.8. The summed E-state index contributed by atoms with van der Waals surface area (Å²) in [6, 6.07) is 15.8. The first-order chi connectivity index (χ1) is 15.4. The van der Waals surface area contributed by atoms with E-state index in [2.05, 4.69) is 27.8 Å². The predicted molar refractivity (Wildman–Crippen MR) is 129 cm³/mol. The number of benzene rings is 2. The van der Waals surface area contributed by atoms with Crippen LogP contribution in [0.3, 0.4) is 0 Å². The molecule has 0 fully saturated rings. The average molecular weight is 425 g/mol. The van der Waals surface area contributed by atoms with Crippen LogP contribution in [0.2, 0.25) is 0 Å². The number of carbonyl (C=O) groups excluding carboxylic acids is 1. The zero-order valence-corrected chi connectivity index (χ0v) is 17.9. The number of amides is 1. The Morgan fingerprint density at radius 1 is 1.25 bits per heavy atom. The van der Waals surface area contributed by atoms with Crippen LogP contribution in [0.5, 0.6) is 0 Å². The van der Waals surface area contributed by atoms with E-state index in [4.69, 9.17) is 12.2 Å². The van der Waals surface area contributed by atoms with Gasteiger partial charge in [-0.25, -0.2) is 4.99 Å². The maximum Gasteiger partial charge on any atom is 0.274 e. The number of aliphatic imine (C=N–C) groups is 2. The van der Waals surface area contributed by atoms with Crippen molar-refractivity contribution >= 4 is 28.2 Å². The largest absolute Gasteiger partial charge is 0.382 e. The lowest BCUT2D eigenvalue weighted by Crippen LogP contribution is -2.41. The van der Waals surface area contributed by atoms with E-state index >= 15 is 0 Å². The number of nitrogens with zero attached hydrogens (tertiary/aromatic N) is 3. The highest BCUT2D eigenvalue weighted by molar-refractivity contribution is 6.66. The molecule has 0 radical (unpaired) electrons. The number of fused-ring (bicyclic) bond motifs is 1. The Morgan fingerprint density at radius 3 is 2.59 bits per heavy atom. The lowest BCUT2D eigenvalue weighted by atomic mass is 10.0. The van der Waals surface area contributed by atoms with Crippen LogP contribution in [0, 0.1) is 12.3 Å². The second-order valence-electron chi connectivity index (χ2n) is 6.92. The van der Waals surface area contributed by atoms with Gasteiger partial charge in [0.05, 0.1) is 11.4 Å². The molecule has 0 aliphatic rings. The van der Waals surface area contributed by atoms with E-state index in [-0.39, 0.29) is 17.1 Å². The molecule has 3 rings (SSSR count). The van der Waals surface area contributed by atoms with Crippen molar-refractivity contribution in [1.82, 2.24) is 9.88 Å². The Morgan fingerprint density at radius 2 is 1.97 bits per heavy atom. The Balaban J connectivity index is 2.20. The van der Waals surface area contributed by atoms with Crippen molar-refractivity contribution in [2.45, 2.75) is 13.0 Å². The van der Waals surface area contributed by atoms with Crippen molar-refractivity contribution in [3.05, 3.63) is 89.0 Å². The summed E-state index contributed by atoms with van der Waals surface area (Å²) in [6.45, 7) is 5.28. The molecule has 7 heteroatoms. The van der Waals surface area contributed by atoms with E-state index in [0.717, 1.165) is 0 Å². The summed E-state index contributed by atoms with van der Waals surface area (Å²) in [5.41, 5.74) is 7.21. The smallest absolute Gasteiger partial charge is 0.274 e. The van der Waals surface area contributed by atoms with Gasteiger partial charge in [0.2, 0.25) is 0 Å². The van der Waals surface area contributed by atoms with Gasteiger partial charge in [0.1, 0.15) is 5.84 Å². The van der Waals surface area contributed by atoms with Gasteiger partial charge >= 0.3 is 0 Å². The molecule has 0 saturated carbocycles. The molecule has 1 unspecified atom stereocenters. The molecule has 1 heterocycles. The van der Waals surface area contributed by atoms with Crippen molar-refractivity contribution in [3.63, 3.8) is 0 Å². The Bertz CT molecular complexity index is 1340. The molecule has 0 bridgehead atoms. The van der Waals surface area contributed by atoms with E-state index in [1.807, 2.05) is 42.5 Å². The van der Waals surface area contributed by atoms with E-state index in [9.17, 15) is 9.59 Å². The zero-order valence-electron chi connectivity index (χ0n) is 17.9. The molecule has 1 amide bonds. The summed E-state index contributed by atoms with van der Waals surface area (Å²) in [6.07, 6.45) is 6.86. The van der Waals surface area contributed by atoms with E-state index in [1.165, 1.54) is 13.2 Å². The molecule has 1 aromatic heterocycles. The van der Waals surface area contributed by atoms with Gasteiger partial charge in [0.15, 0.2) is 5.71 Å². The van der Waals surface area contributed by atoms with Crippen LogP contribution in [-0.2, 0) is 4.79 Å². The molecule has 3 N–H and O–H groups in total. The third-order valence-corrected chi connectivity index (χ3v) is 4.96. The summed E-state index contributed by atoms with van der Waals surface area (Å²) < 4.78 is 1.55. The zero-order chi connectivity index (χ0) is 23.3. The molecule has 7 nitrogen and oxygen atoms in total. The van der Waals surface area contributed by atoms with Gasteiger partial charge in [-0.3, -0.25) is 19.1 Å². The maximum atomic E-state index is 13.6. The van der Waals surface area contributed by atoms with Gasteiger partial charge in [0, 0.05) is 30.2 Å². The summed E-state index contributed by atoms with van der Waals surface area (Å²) in [5, 5.41) is 3.97. The van der Waals surface area contributed by atoms with Crippen LogP contribution < -0.4 is 16.6 Å². The van der Waals surface area contributed by atoms with E-state index in [0.29, 0.717) is 27.7 Å². The number of carbonyl (C=O) groups is 1. The number of para-hydroxylation sites is 1. The third kappa shape index (κ3) is 4.20. The Labute approximate surface area is 186 Å². The number of nitrogens with one attached hydrogen (secondary N) is 1. The predicted octanol–water partition coefficient (Wildman–Crippen LogP) is 2.72. The molecule has 0 aliphatic carbocycles. The first kappa shape index (κ1) is 22.2. The van der Waals surface area contributed by atoms with Crippen LogP contribution >= 0.6 is 0 Å². The van der Waals surface area contributed by atoms with Gasteiger partial charge in [-0.1, -0.05) is 42.8 Å². The number of hydrogen-bond acceptors (Lipinski definition) is 4. The quantitative estimate of drug-likeness (QED) is 0.361. The van der Waals surface area contributed by atoms with Crippen LogP contribution in [0.1, 0.15) is 24.2 Å². The highest BCUT2D eigenvalue weighted by Crippen LogP contribution is 2.23. The van der Waals surface area contributed by atoms with Crippen LogP contribution in [0.25, 0.3) is 16.5 Å². The molecule has 1 atom stereocenters. The maximum absolute atomic E-state index is 13.6. The molecular formula is C25H23N5O2. The fourth-order valence-corrected chi connectivity index (χ4v) is 3.44. The summed E-state index contributed by atoms with van der Waals surface area (Å²) >= 11 is 0. The van der Waals surface area contributed by atoms with Gasteiger partial charge in [-0.15, -0.1) is 6.42 Å². The van der Waals surface area contributed by atoms with Crippen molar-refractivity contribution in [1.29, 1.82) is 0 Å².